The van der Waals surface area contributed by atoms with Crippen molar-refractivity contribution in [2.45, 2.75) is 74.9 Å². The van der Waals surface area contributed by atoms with Crippen molar-refractivity contribution in [3.8, 4) is 23.0 Å². The molecule has 0 radical (unpaired) electrons. The van der Waals surface area contributed by atoms with Crippen LogP contribution >= 0.6 is 19.4 Å². The maximum atomic E-state index is 15.3. The quantitative estimate of drug-likeness (QED) is 0.0495. The summed E-state index contributed by atoms with van der Waals surface area (Å²) in [6.45, 7) is -2.69. The summed E-state index contributed by atoms with van der Waals surface area (Å²) >= 11 is 6.61. The number of hydrogen-bond donors (Lipinski definition) is 4. The minimum Gasteiger partial charge on any atom is -0.346 e. The molecule has 0 saturated carbocycles. The van der Waals surface area contributed by atoms with Gasteiger partial charge in [-0.3, -0.25) is 18.7 Å². The van der Waals surface area contributed by atoms with Gasteiger partial charge in [-0.15, -0.1) is 0 Å². The minimum absolute atomic E-state index is 0.0552. The molecule has 33 heteroatoms. The van der Waals surface area contributed by atoms with E-state index in [1.165, 1.54) is 13.8 Å². The lowest BCUT2D eigenvalue weighted by atomic mass is 9.93. The van der Waals surface area contributed by atoms with Crippen molar-refractivity contribution in [3.05, 3.63) is 93.0 Å². The second-order valence-electron chi connectivity index (χ2n) is 17.5. The highest BCUT2D eigenvalue weighted by molar-refractivity contribution is 7.93. The van der Waals surface area contributed by atoms with Crippen LogP contribution in [0.15, 0.2) is 42.5 Å². The average Bonchev–Trinajstić information content (AvgIpc) is 3.87. The Bertz CT molecular complexity index is 3430. The Morgan fingerprint density at radius 2 is 1.61 bits per heavy atom. The zero-order chi connectivity index (χ0) is 56.3. The molecule has 5 aromatic rings. The summed E-state index contributed by atoms with van der Waals surface area (Å²) in [6, 6.07) is 0.849. The van der Waals surface area contributed by atoms with Gasteiger partial charge in [-0.1, -0.05) is 23.6 Å². The van der Waals surface area contributed by atoms with Gasteiger partial charge in [0.15, 0.2) is 21.3 Å². The molecule has 3 heterocycles. The van der Waals surface area contributed by atoms with E-state index in [0.717, 1.165) is 49.7 Å². The zero-order valence-corrected chi connectivity index (χ0v) is 42.5. The fraction of sp³-hybridized carbons (Fsp3) is 0.405. The van der Waals surface area contributed by atoms with Gasteiger partial charge in [-0.05, 0) is 62.1 Å². The van der Waals surface area contributed by atoms with Crippen LogP contribution in [0.25, 0.3) is 22.0 Å². The number of carbonyl (C=O) groups excluding carboxylic acids is 2. The Morgan fingerprint density at radius 1 is 1.00 bits per heavy atom. The maximum Gasteiger partial charge on any atom is 0.469 e. The number of halogens is 11. The van der Waals surface area contributed by atoms with E-state index in [1.54, 1.807) is 0 Å². The number of aromatic nitrogens is 5. The molecule has 75 heavy (non-hydrogen) atoms. The van der Waals surface area contributed by atoms with Gasteiger partial charge in [-0.25, -0.2) is 40.0 Å². The predicted molar refractivity (Wildman–Crippen MR) is 247 cm³/mol. The Balaban J connectivity index is 1.65. The molecule has 1 aliphatic carbocycles. The molecule has 19 nitrogen and oxygen atoms in total. The number of urea groups is 1. The Morgan fingerprint density at radius 3 is 2.17 bits per heavy atom. The van der Waals surface area contributed by atoms with E-state index in [2.05, 4.69) is 36.9 Å². The number of sulfone groups is 1. The lowest BCUT2D eigenvalue weighted by Gasteiger charge is -2.25. The van der Waals surface area contributed by atoms with Crippen LogP contribution in [-0.2, 0) is 65.4 Å². The van der Waals surface area contributed by atoms with Gasteiger partial charge in [0.2, 0.25) is 15.9 Å². The van der Waals surface area contributed by atoms with Crippen LogP contribution in [0, 0.1) is 23.5 Å². The topological polar surface area (TPSA) is 262 Å². The van der Waals surface area contributed by atoms with E-state index in [0.29, 0.717) is 17.2 Å². The summed E-state index contributed by atoms with van der Waals surface area (Å²) < 4.78 is 213. The van der Waals surface area contributed by atoms with Crippen LogP contribution in [0.5, 0.6) is 0 Å². The molecule has 2 aromatic carbocycles. The van der Waals surface area contributed by atoms with Crippen LogP contribution in [0.3, 0.4) is 0 Å². The number of nitrogens with one attached hydrogen (secondary N) is 1. The number of pyridine rings is 1. The van der Waals surface area contributed by atoms with Gasteiger partial charge >= 0.3 is 26.2 Å². The number of hydrogen-bond acceptors (Lipinski definition) is 12. The van der Waals surface area contributed by atoms with Gasteiger partial charge in [0.25, 0.3) is 5.92 Å². The molecule has 0 aliphatic heterocycles. The molecule has 0 spiro atoms. The number of phosphoric ester groups is 1. The van der Waals surface area contributed by atoms with Crippen LogP contribution in [0.1, 0.15) is 66.3 Å². The van der Waals surface area contributed by atoms with Gasteiger partial charge < -0.3 is 25.7 Å². The predicted octanol–water partition coefficient (Wildman–Crippen LogP) is 6.50. The third kappa shape index (κ3) is 13.2. The average molecular weight is 1150 g/mol. The number of likely N-dealkylation sites (N-methyl/N-ethyl adjacent to an activating group) is 1. The first-order valence-corrected chi connectivity index (χ1v) is 26.9. The fourth-order valence-electron chi connectivity index (χ4n) is 7.76. The number of rotatable bonds is 15. The molecule has 2 atom stereocenters. The maximum absolute atomic E-state index is 15.3. The molecular weight excluding hydrogens is 1110 g/mol. The van der Waals surface area contributed by atoms with Crippen LogP contribution in [0.4, 0.5) is 54.5 Å². The number of amides is 3. The number of alkyl halides is 8. The third-order valence-corrected chi connectivity index (χ3v) is 15.1. The van der Waals surface area contributed by atoms with Crippen LogP contribution < -0.4 is 15.4 Å². The van der Waals surface area contributed by atoms with E-state index >= 15 is 8.78 Å². The SMILES string of the molecule is CN(CCOP(=O)(O)O)C(=O)N(c1nn(CC(F)(F)F)c2c(-c3ccc(C#CC(C)(C)S(C)(=O)=O)nc3[C@H](Cc3cc(F)cc(F)c3)NC(=O)Cn3nc(C(F)(F)F)c4c3C(F)(F)C[C@@H]4N)ccc(Cl)c12)S(C)(=O)=O. The van der Waals surface area contributed by atoms with Crippen molar-refractivity contribution in [2.24, 2.45) is 5.73 Å². The van der Waals surface area contributed by atoms with Crippen molar-refractivity contribution in [3.63, 3.8) is 0 Å². The van der Waals surface area contributed by atoms with E-state index in [9.17, 15) is 66.1 Å². The van der Waals surface area contributed by atoms with Gasteiger partial charge in [0.05, 0.1) is 40.5 Å². The number of fused-ring (bicyclic) bond motifs is 2. The number of phosphoric acid groups is 1. The Labute approximate surface area is 424 Å². The molecule has 0 unspecified atom stereocenters. The molecule has 5 N–H and O–H groups in total. The molecule has 6 rings (SSSR count). The van der Waals surface area contributed by atoms with Gasteiger partial charge in [0.1, 0.15) is 40.9 Å². The monoisotopic (exact) mass is 1150 g/mol. The van der Waals surface area contributed by atoms with E-state index in [4.69, 9.17) is 27.1 Å². The summed E-state index contributed by atoms with van der Waals surface area (Å²) in [6.07, 6.45) is -11.4. The summed E-state index contributed by atoms with van der Waals surface area (Å²) in [5, 5.41) is 8.22. The summed E-state index contributed by atoms with van der Waals surface area (Å²) in [5.41, 5.74) is -1.38. The molecule has 0 fully saturated rings. The summed E-state index contributed by atoms with van der Waals surface area (Å²) in [5.74, 6) is -3.92. The smallest absolute Gasteiger partial charge is 0.346 e. The molecule has 0 saturated heterocycles. The molecular formula is C42H41ClF10N9O10PS2. The largest absolute Gasteiger partial charge is 0.469 e. The number of carbonyl (C=O) groups is 2. The van der Waals surface area contributed by atoms with E-state index in [1.807, 2.05) is 0 Å². The first kappa shape index (κ1) is 58.4. The second-order valence-corrected chi connectivity index (χ2v) is 23.6. The standard InChI is InChI=1S/C42H41ClF10N9O10PS2/c1-39(2,74(4,68)69)11-10-24-6-7-25(26-8-9-27(43)31-34(26)61(20-41(48,49)50)58-37(31)62(75(5,70)71)38(64)59(3)12-13-72-73(65,66)67)33(55-24)29(16-21-14-22(44)17-23(45)15-21)56-30(63)19-60-36-32(28(54)18-40(36,46)47)35(57-60)42(51,52)53/h6-9,14-15,17,28-29H,12-13,16,18-20,54H2,1-5H3,(H,56,63)(H2,65,66,67)/t28-,29-/m0/s1. The van der Waals surface area contributed by atoms with Crippen LogP contribution in [-0.4, -0.2) is 112 Å². The normalized spacial score (nSPS) is 15.6. The highest BCUT2D eigenvalue weighted by Gasteiger charge is 2.54. The summed E-state index contributed by atoms with van der Waals surface area (Å²) in [4.78, 5) is 51.3. The fourth-order valence-corrected chi connectivity index (χ4v) is 9.41. The number of sulfonamides is 1. The molecule has 3 amide bonds. The zero-order valence-electron chi connectivity index (χ0n) is 39.2. The third-order valence-electron chi connectivity index (χ3n) is 11.3. The number of anilines is 1. The highest BCUT2D eigenvalue weighted by atomic mass is 35.5. The molecule has 3 aromatic heterocycles. The Hall–Kier alpha value is -5.87. The molecule has 408 valence electrons. The van der Waals surface area contributed by atoms with Gasteiger partial charge in [0, 0.05) is 55.1 Å². The second kappa shape index (κ2) is 20.6. The highest BCUT2D eigenvalue weighted by Crippen LogP contribution is 2.51. The number of benzene rings is 2. The molecule has 1 aliphatic rings. The van der Waals surface area contributed by atoms with Crippen molar-refractivity contribution >= 4 is 67.9 Å². The van der Waals surface area contributed by atoms with Crippen molar-refractivity contribution in [1.82, 2.24) is 34.8 Å². The Kier molecular flexibility index (Phi) is 16.0. The van der Waals surface area contributed by atoms with Crippen molar-refractivity contribution in [1.29, 1.82) is 0 Å². The van der Waals surface area contributed by atoms with Crippen LogP contribution in [0.2, 0.25) is 5.02 Å². The van der Waals surface area contributed by atoms with E-state index in [-0.39, 0.29) is 30.5 Å². The number of nitrogens with zero attached hydrogens (tertiary/aromatic N) is 7. The lowest BCUT2D eigenvalue weighted by Crippen LogP contribution is -2.45. The first-order chi connectivity index (χ1) is 34.2. The van der Waals surface area contributed by atoms with Crippen molar-refractivity contribution in [2.75, 3.05) is 37.0 Å². The molecule has 0 bridgehead atoms. The van der Waals surface area contributed by atoms with E-state index < -0.39 is 175 Å². The summed E-state index contributed by atoms with van der Waals surface area (Å²) in [7, 11) is -13.1. The number of nitrogens with two attached hydrogens (primary N) is 1. The minimum atomic E-state index is -5.35. The van der Waals surface area contributed by atoms with Gasteiger partial charge in [-0.2, -0.15) is 49.6 Å². The lowest BCUT2D eigenvalue weighted by molar-refractivity contribution is -0.143. The first-order valence-electron chi connectivity index (χ1n) is 21.2. The van der Waals surface area contributed by atoms with Crippen molar-refractivity contribution < 1.29 is 89.2 Å².